The first-order chi connectivity index (χ1) is 9.21. The molecule has 0 saturated carbocycles. The Labute approximate surface area is 120 Å². The van der Waals surface area contributed by atoms with Gasteiger partial charge in [-0.25, -0.2) is 0 Å². The number of nitrogens with two attached hydrogens (primary N) is 1. The maximum absolute atomic E-state index is 11.8. The Bertz CT molecular complexity index is 521. The smallest absolute Gasteiger partial charge is 0.269 e. The van der Waals surface area contributed by atoms with Crippen LogP contribution in [-0.2, 0) is 10.8 Å². The van der Waals surface area contributed by atoms with Crippen LogP contribution in [0.2, 0.25) is 0 Å². The second kappa shape index (κ2) is 6.60. The summed E-state index contributed by atoms with van der Waals surface area (Å²) in [6, 6.07) is 2.87. The first-order valence-electron chi connectivity index (χ1n) is 6.14. The van der Waals surface area contributed by atoms with E-state index in [0.29, 0.717) is 12.3 Å². The van der Waals surface area contributed by atoms with Gasteiger partial charge in [0.15, 0.2) is 0 Å². The molecule has 0 bridgehead atoms. The third-order valence-electron chi connectivity index (χ3n) is 2.54. The summed E-state index contributed by atoms with van der Waals surface area (Å²) in [6.45, 7) is 5.96. The van der Waals surface area contributed by atoms with Crippen molar-refractivity contribution in [1.82, 2.24) is 10.3 Å². The number of pyridine rings is 1. The van der Waals surface area contributed by atoms with Crippen LogP contribution < -0.4 is 11.1 Å². The third-order valence-corrected chi connectivity index (χ3v) is 4.48. The molecule has 0 spiro atoms. The quantitative estimate of drug-likeness (QED) is 0.824. The van der Waals surface area contributed by atoms with E-state index in [4.69, 9.17) is 5.73 Å². The van der Waals surface area contributed by atoms with E-state index in [9.17, 15) is 13.8 Å². The molecule has 1 unspecified atom stereocenters. The van der Waals surface area contributed by atoms with Gasteiger partial charge in [-0.1, -0.05) is 0 Å². The van der Waals surface area contributed by atoms with Gasteiger partial charge in [0.05, 0.1) is 5.56 Å². The number of nitrogens with zero attached hydrogens (tertiary/aromatic N) is 1. The predicted octanol–water partition coefficient (Wildman–Crippen LogP) is 0.457. The minimum Gasteiger partial charge on any atom is -0.366 e. The first-order valence-corrected chi connectivity index (χ1v) is 7.46. The van der Waals surface area contributed by atoms with Gasteiger partial charge < -0.3 is 11.1 Å². The van der Waals surface area contributed by atoms with Crippen LogP contribution in [0.1, 0.15) is 41.6 Å². The van der Waals surface area contributed by atoms with Gasteiger partial charge >= 0.3 is 0 Å². The Balaban J connectivity index is 2.51. The minimum absolute atomic E-state index is 0.191. The molecule has 20 heavy (non-hydrogen) atoms. The van der Waals surface area contributed by atoms with Crippen molar-refractivity contribution in [1.29, 1.82) is 0 Å². The molecule has 0 saturated heterocycles. The summed E-state index contributed by atoms with van der Waals surface area (Å²) in [6.07, 6.45) is 1.25. The highest BCUT2D eigenvalue weighted by atomic mass is 32.2. The number of carbonyl (C=O) groups is 2. The Hall–Kier alpha value is -1.76. The average molecular weight is 297 g/mol. The highest BCUT2D eigenvalue weighted by Gasteiger charge is 2.19. The van der Waals surface area contributed by atoms with Crippen molar-refractivity contribution in [3.63, 3.8) is 0 Å². The van der Waals surface area contributed by atoms with Crippen molar-refractivity contribution in [2.75, 3.05) is 12.3 Å². The number of hydrogen-bond acceptors (Lipinski definition) is 4. The molecule has 1 aromatic heterocycles. The van der Waals surface area contributed by atoms with Crippen LogP contribution in [0, 0.1) is 0 Å². The topological polar surface area (TPSA) is 102 Å². The van der Waals surface area contributed by atoms with E-state index in [0.717, 1.165) is 0 Å². The van der Waals surface area contributed by atoms with E-state index in [1.54, 1.807) is 0 Å². The van der Waals surface area contributed by atoms with Crippen LogP contribution in [0.4, 0.5) is 0 Å². The molecule has 3 N–H and O–H groups in total. The van der Waals surface area contributed by atoms with Crippen molar-refractivity contribution < 1.29 is 13.8 Å². The molecular formula is C13H19N3O3S. The Morgan fingerprint density at radius 1 is 1.35 bits per heavy atom. The van der Waals surface area contributed by atoms with Gasteiger partial charge in [0.2, 0.25) is 5.91 Å². The van der Waals surface area contributed by atoms with E-state index >= 15 is 0 Å². The SMILES string of the molecule is CC(C)(C)S(=O)CCNC(=O)c1ccc(C(N)=O)cn1. The lowest BCUT2D eigenvalue weighted by Crippen LogP contribution is -2.33. The lowest BCUT2D eigenvalue weighted by atomic mass is 10.2. The van der Waals surface area contributed by atoms with Gasteiger partial charge in [0.1, 0.15) is 5.69 Å². The number of primary amides is 1. The van der Waals surface area contributed by atoms with Crippen LogP contribution in [0.25, 0.3) is 0 Å². The second-order valence-corrected chi connectivity index (χ2v) is 7.54. The molecular weight excluding hydrogens is 278 g/mol. The van der Waals surface area contributed by atoms with Crippen molar-refractivity contribution in [3.05, 3.63) is 29.6 Å². The summed E-state index contributed by atoms with van der Waals surface area (Å²) in [7, 11) is -1.02. The number of amides is 2. The molecule has 1 rings (SSSR count). The normalized spacial score (nSPS) is 12.8. The average Bonchev–Trinajstić information content (AvgIpc) is 2.37. The van der Waals surface area contributed by atoms with Gasteiger partial charge in [-0.3, -0.25) is 18.8 Å². The summed E-state index contributed by atoms with van der Waals surface area (Å²) in [4.78, 5) is 26.5. The summed E-state index contributed by atoms with van der Waals surface area (Å²) >= 11 is 0. The lowest BCUT2D eigenvalue weighted by molar-refractivity contribution is 0.0948. The molecule has 1 atom stereocenters. The van der Waals surface area contributed by atoms with Crippen LogP contribution in [-0.4, -0.2) is 38.1 Å². The molecule has 0 aliphatic heterocycles. The van der Waals surface area contributed by atoms with E-state index in [-0.39, 0.29) is 21.9 Å². The second-order valence-electron chi connectivity index (χ2n) is 5.21. The Morgan fingerprint density at radius 3 is 2.45 bits per heavy atom. The number of carbonyl (C=O) groups excluding carboxylic acids is 2. The third kappa shape index (κ3) is 4.73. The molecule has 6 nitrogen and oxygen atoms in total. The number of aromatic nitrogens is 1. The fourth-order valence-corrected chi connectivity index (χ4v) is 2.23. The summed E-state index contributed by atoms with van der Waals surface area (Å²) in [5.41, 5.74) is 5.52. The first kappa shape index (κ1) is 16.3. The molecule has 0 fully saturated rings. The highest BCUT2D eigenvalue weighted by Crippen LogP contribution is 2.10. The fraction of sp³-hybridized carbons (Fsp3) is 0.462. The Morgan fingerprint density at radius 2 is 2.00 bits per heavy atom. The van der Waals surface area contributed by atoms with Crippen molar-refractivity contribution >= 4 is 22.6 Å². The summed E-state index contributed by atoms with van der Waals surface area (Å²) in [5, 5.41) is 2.64. The maximum atomic E-state index is 11.8. The minimum atomic E-state index is -1.02. The van der Waals surface area contributed by atoms with Crippen LogP contribution in [0.3, 0.4) is 0 Å². The predicted molar refractivity (Wildman–Crippen MR) is 77.9 cm³/mol. The molecule has 0 aromatic carbocycles. The molecule has 0 radical (unpaired) electrons. The molecule has 0 aliphatic rings. The maximum Gasteiger partial charge on any atom is 0.269 e. The molecule has 110 valence electrons. The lowest BCUT2D eigenvalue weighted by Gasteiger charge is -2.17. The van der Waals surface area contributed by atoms with E-state index < -0.39 is 16.7 Å². The number of hydrogen-bond donors (Lipinski definition) is 2. The van der Waals surface area contributed by atoms with Crippen LogP contribution >= 0.6 is 0 Å². The number of rotatable bonds is 5. The molecule has 1 heterocycles. The van der Waals surface area contributed by atoms with Gasteiger partial charge in [-0.2, -0.15) is 0 Å². The standard InChI is InChI=1S/C13H19N3O3S/c1-13(2,3)20(19)7-6-15-12(18)10-5-4-9(8-16-10)11(14)17/h4-5,8H,6-7H2,1-3H3,(H2,14,17)(H,15,18). The van der Waals surface area contributed by atoms with Gasteiger partial charge in [-0.05, 0) is 32.9 Å². The largest absolute Gasteiger partial charge is 0.366 e. The zero-order valence-corrected chi connectivity index (χ0v) is 12.6. The van der Waals surface area contributed by atoms with Crippen molar-refractivity contribution in [3.8, 4) is 0 Å². The fourth-order valence-electron chi connectivity index (χ4n) is 1.33. The molecule has 2 amide bonds. The zero-order chi connectivity index (χ0) is 15.3. The van der Waals surface area contributed by atoms with Gasteiger partial charge in [0, 0.05) is 34.0 Å². The molecule has 0 aliphatic carbocycles. The Kier molecular flexibility index (Phi) is 5.38. The molecule has 1 aromatic rings. The van der Waals surface area contributed by atoms with Crippen LogP contribution in [0.15, 0.2) is 18.3 Å². The van der Waals surface area contributed by atoms with E-state index in [1.165, 1.54) is 18.3 Å². The van der Waals surface area contributed by atoms with E-state index in [1.807, 2.05) is 20.8 Å². The summed E-state index contributed by atoms with van der Waals surface area (Å²) in [5.74, 6) is -0.578. The van der Waals surface area contributed by atoms with Crippen molar-refractivity contribution in [2.24, 2.45) is 5.73 Å². The van der Waals surface area contributed by atoms with Gasteiger partial charge in [0.25, 0.3) is 5.91 Å². The van der Waals surface area contributed by atoms with Gasteiger partial charge in [-0.15, -0.1) is 0 Å². The number of nitrogens with one attached hydrogen (secondary N) is 1. The molecule has 7 heteroatoms. The van der Waals surface area contributed by atoms with E-state index in [2.05, 4.69) is 10.3 Å². The monoisotopic (exact) mass is 297 g/mol. The highest BCUT2D eigenvalue weighted by molar-refractivity contribution is 7.86. The zero-order valence-electron chi connectivity index (χ0n) is 11.8. The van der Waals surface area contributed by atoms with Crippen molar-refractivity contribution in [2.45, 2.75) is 25.5 Å². The summed E-state index contributed by atoms with van der Waals surface area (Å²) < 4.78 is 11.5. The van der Waals surface area contributed by atoms with Crippen LogP contribution in [0.5, 0.6) is 0 Å².